The predicted molar refractivity (Wildman–Crippen MR) is 60.5 cm³/mol. The normalized spacial score (nSPS) is 20.6. The van der Waals surface area contributed by atoms with Crippen LogP contribution in [0.25, 0.3) is 0 Å². The summed E-state index contributed by atoms with van der Waals surface area (Å²) < 4.78 is 11.2. The zero-order valence-corrected chi connectivity index (χ0v) is 9.67. The van der Waals surface area contributed by atoms with Crippen molar-refractivity contribution in [2.45, 2.75) is 33.3 Å². The third-order valence-corrected chi connectivity index (χ3v) is 3.09. The maximum Gasteiger partial charge on any atom is 0.124 e. The van der Waals surface area contributed by atoms with Crippen LogP contribution in [0.15, 0.2) is 12.1 Å². The molecule has 1 aromatic carbocycles. The minimum atomic E-state index is 0.242. The molecule has 1 atom stereocenters. The van der Waals surface area contributed by atoms with Crippen LogP contribution >= 0.6 is 0 Å². The van der Waals surface area contributed by atoms with E-state index in [1.54, 1.807) is 0 Å². The zero-order valence-electron chi connectivity index (χ0n) is 9.67. The fraction of sp³-hybridized carbons (Fsp3) is 0.538. The molecule has 0 saturated carbocycles. The molecule has 0 spiro atoms. The van der Waals surface area contributed by atoms with Gasteiger partial charge in [0.15, 0.2) is 0 Å². The lowest BCUT2D eigenvalue weighted by Crippen LogP contribution is -2.15. The molecule has 0 aliphatic carbocycles. The Balaban J connectivity index is 2.14. The summed E-state index contributed by atoms with van der Waals surface area (Å²) in [4.78, 5) is 0. The van der Waals surface area contributed by atoms with Gasteiger partial charge < -0.3 is 9.47 Å². The maximum absolute atomic E-state index is 5.87. The predicted octanol–water partition coefficient (Wildman–Crippen LogP) is 2.78. The zero-order chi connectivity index (χ0) is 10.8. The lowest BCUT2D eigenvalue weighted by molar-refractivity contribution is 0.141. The fourth-order valence-electron chi connectivity index (χ4n) is 1.86. The summed E-state index contributed by atoms with van der Waals surface area (Å²) >= 11 is 0. The molecular weight excluding hydrogens is 188 g/mol. The molecule has 0 amide bonds. The molecule has 2 nitrogen and oxygen atoms in total. The summed E-state index contributed by atoms with van der Waals surface area (Å²) in [5, 5.41) is 0. The Morgan fingerprint density at radius 2 is 1.87 bits per heavy atom. The summed E-state index contributed by atoms with van der Waals surface area (Å²) in [5.74, 6) is 0.978. The highest BCUT2D eigenvalue weighted by molar-refractivity contribution is 5.40. The number of hydrogen-bond acceptors (Lipinski definition) is 2. The topological polar surface area (TPSA) is 18.5 Å². The molecule has 0 radical (unpaired) electrons. The van der Waals surface area contributed by atoms with E-state index in [2.05, 4.69) is 32.9 Å². The Bertz CT molecular complexity index is 329. The van der Waals surface area contributed by atoms with E-state index in [-0.39, 0.29) is 6.10 Å². The first kappa shape index (κ1) is 10.5. The van der Waals surface area contributed by atoms with E-state index in [0.29, 0.717) is 0 Å². The van der Waals surface area contributed by atoms with Gasteiger partial charge in [0.05, 0.1) is 13.2 Å². The molecular formula is C13H18O2. The summed E-state index contributed by atoms with van der Waals surface area (Å²) in [6.45, 7) is 7.95. The van der Waals surface area contributed by atoms with Gasteiger partial charge in [-0.3, -0.25) is 0 Å². The minimum Gasteiger partial charge on any atom is -0.488 e. The lowest BCUT2D eigenvalue weighted by Gasteiger charge is -2.14. The standard InChI is InChI=1S/C13H18O2/c1-9-6-13(7-10(2)11(9)3)15-12-4-5-14-8-12/h6-7,12H,4-5,8H2,1-3H3. The molecule has 0 aromatic heterocycles. The highest BCUT2D eigenvalue weighted by Crippen LogP contribution is 2.23. The lowest BCUT2D eigenvalue weighted by atomic mass is 10.0. The molecule has 82 valence electrons. The number of benzene rings is 1. The minimum absolute atomic E-state index is 0.242. The number of hydrogen-bond donors (Lipinski definition) is 0. The highest BCUT2D eigenvalue weighted by atomic mass is 16.5. The van der Waals surface area contributed by atoms with Crippen molar-refractivity contribution < 1.29 is 9.47 Å². The van der Waals surface area contributed by atoms with Gasteiger partial charge in [0.1, 0.15) is 11.9 Å². The summed E-state index contributed by atoms with van der Waals surface area (Å²) in [5.41, 5.74) is 3.94. The van der Waals surface area contributed by atoms with Gasteiger partial charge in [-0.25, -0.2) is 0 Å². The van der Waals surface area contributed by atoms with E-state index in [0.717, 1.165) is 25.4 Å². The van der Waals surface area contributed by atoms with Gasteiger partial charge in [-0.05, 0) is 49.6 Å². The third-order valence-electron chi connectivity index (χ3n) is 3.09. The summed E-state index contributed by atoms with van der Waals surface area (Å²) in [6.07, 6.45) is 1.25. The van der Waals surface area contributed by atoms with E-state index in [1.807, 2.05) is 0 Å². The monoisotopic (exact) mass is 206 g/mol. The van der Waals surface area contributed by atoms with Crippen LogP contribution in [0.4, 0.5) is 0 Å². The van der Waals surface area contributed by atoms with Gasteiger partial charge in [-0.15, -0.1) is 0 Å². The average molecular weight is 206 g/mol. The Hall–Kier alpha value is -1.02. The molecule has 2 heteroatoms. The van der Waals surface area contributed by atoms with Crippen LogP contribution in [0.5, 0.6) is 5.75 Å². The van der Waals surface area contributed by atoms with Crippen LogP contribution in [-0.4, -0.2) is 19.3 Å². The van der Waals surface area contributed by atoms with Crippen LogP contribution in [0.1, 0.15) is 23.1 Å². The van der Waals surface area contributed by atoms with Crippen LogP contribution < -0.4 is 4.74 Å². The van der Waals surface area contributed by atoms with Crippen molar-refractivity contribution in [2.75, 3.05) is 13.2 Å². The second kappa shape index (κ2) is 4.23. The molecule has 1 heterocycles. The second-order valence-electron chi connectivity index (χ2n) is 4.29. The molecule has 0 bridgehead atoms. The molecule has 15 heavy (non-hydrogen) atoms. The van der Waals surface area contributed by atoms with Crippen LogP contribution in [0.3, 0.4) is 0 Å². The number of rotatable bonds is 2. The molecule has 1 saturated heterocycles. The van der Waals surface area contributed by atoms with Gasteiger partial charge in [0.2, 0.25) is 0 Å². The van der Waals surface area contributed by atoms with Gasteiger partial charge in [0.25, 0.3) is 0 Å². The Labute approximate surface area is 91.2 Å². The highest BCUT2D eigenvalue weighted by Gasteiger charge is 2.17. The van der Waals surface area contributed by atoms with Crippen molar-refractivity contribution in [1.82, 2.24) is 0 Å². The molecule has 1 unspecified atom stereocenters. The van der Waals surface area contributed by atoms with E-state index in [9.17, 15) is 0 Å². The van der Waals surface area contributed by atoms with E-state index < -0.39 is 0 Å². The van der Waals surface area contributed by atoms with Gasteiger partial charge in [-0.1, -0.05) is 0 Å². The number of aryl methyl sites for hydroxylation is 2. The van der Waals surface area contributed by atoms with Crippen LogP contribution in [0, 0.1) is 20.8 Å². The van der Waals surface area contributed by atoms with Crippen molar-refractivity contribution in [3.8, 4) is 5.75 Å². The largest absolute Gasteiger partial charge is 0.488 e. The number of ether oxygens (including phenoxy) is 2. The van der Waals surface area contributed by atoms with Gasteiger partial charge in [-0.2, -0.15) is 0 Å². The molecule has 1 aliphatic rings. The Morgan fingerprint density at radius 1 is 1.20 bits per heavy atom. The summed E-state index contributed by atoms with van der Waals surface area (Å²) in [7, 11) is 0. The first-order valence-corrected chi connectivity index (χ1v) is 5.49. The maximum atomic E-state index is 5.87. The summed E-state index contributed by atoms with van der Waals surface area (Å²) in [6, 6.07) is 4.22. The fourth-order valence-corrected chi connectivity index (χ4v) is 1.86. The van der Waals surface area contributed by atoms with Crippen molar-refractivity contribution in [1.29, 1.82) is 0 Å². The first-order chi connectivity index (χ1) is 7.16. The SMILES string of the molecule is Cc1cc(OC2CCOC2)cc(C)c1C. The van der Waals surface area contributed by atoms with Crippen molar-refractivity contribution in [3.63, 3.8) is 0 Å². The van der Waals surface area contributed by atoms with Crippen LogP contribution in [-0.2, 0) is 4.74 Å². The van der Waals surface area contributed by atoms with Crippen molar-refractivity contribution in [3.05, 3.63) is 28.8 Å². The molecule has 0 N–H and O–H groups in total. The Kier molecular flexibility index (Phi) is 2.96. The van der Waals surface area contributed by atoms with Gasteiger partial charge >= 0.3 is 0 Å². The van der Waals surface area contributed by atoms with E-state index in [1.165, 1.54) is 16.7 Å². The van der Waals surface area contributed by atoms with E-state index in [4.69, 9.17) is 9.47 Å². The van der Waals surface area contributed by atoms with Crippen LogP contribution in [0.2, 0.25) is 0 Å². The van der Waals surface area contributed by atoms with Gasteiger partial charge in [0, 0.05) is 6.42 Å². The van der Waals surface area contributed by atoms with E-state index >= 15 is 0 Å². The third kappa shape index (κ3) is 2.32. The van der Waals surface area contributed by atoms with Crippen molar-refractivity contribution in [2.24, 2.45) is 0 Å². The van der Waals surface area contributed by atoms with Crippen molar-refractivity contribution >= 4 is 0 Å². The quantitative estimate of drug-likeness (QED) is 0.740. The molecule has 1 aromatic rings. The Morgan fingerprint density at radius 3 is 2.40 bits per heavy atom. The smallest absolute Gasteiger partial charge is 0.124 e. The molecule has 2 rings (SSSR count). The average Bonchev–Trinajstić information content (AvgIpc) is 2.66. The molecule has 1 fully saturated rings. The first-order valence-electron chi connectivity index (χ1n) is 5.49. The molecule has 1 aliphatic heterocycles. The second-order valence-corrected chi connectivity index (χ2v) is 4.29.